The molecule has 0 amide bonds. The fraction of sp³-hybridized carbons (Fsp3) is 1.00. The molecule has 0 rings (SSSR count). The van der Waals surface area contributed by atoms with Crippen LogP contribution >= 0.6 is 0 Å². The van der Waals surface area contributed by atoms with Gasteiger partial charge in [-0.15, -0.1) is 0 Å². The number of halogens is 4. The van der Waals surface area contributed by atoms with E-state index in [0.717, 1.165) is 0 Å². The van der Waals surface area contributed by atoms with Crippen LogP contribution in [0.4, 0.5) is 17.6 Å². The molecule has 0 spiro atoms. The number of rotatable bonds is 3. The van der Waals surface area contributed by atoms with Gasteiger partial charge < -0.3 is 5.73 Å². The third-order valence-electron chi connectivity index (χ3n) is 0.940. The summed E-state index contributed by atoms with van der Waals surface area (Å²) in [5.41, 5.74) is 4.59. The molecular weight excluding hydrogens is 150 g/mol. The minimum absolute atomic E-state index is 0.223. The number of nitrogens with two attached hydrogens (primary N) is 1. The Hall–Kier alpha value is -0.320. The third kappa shape index (κ3) is 7.68. The zero-order chi connectivity index (χ0) is 8.20. The van der Waals surface area contributed by atoms with Gasteiger partial charge in [-0.3, -0.25) is 0 Å². The van der Waals surface area contributed by atoms with Crippen LogP contribution in [-0.4, -0.2) is 12.5 Å². The van der Waals surface area contributed by atoms with Gasteiger partial charge in [-0.2, -0.15) is 13.2 Å². The Balaban J connectivity index is 3.21. The van der Waals surface area contributed by atoms with Crippen LogP contribution in [-0.2, 0) is 0 Å². The van der Waals surface area contributed by atoms with Crippen LogP contribution in [0, 0.1) is 0 Å². The lowest BCUT2D eigenvalue weighted by molar-refractivity contribution is -0.136. The summed E-state index contributed by atoms with van der Waals surface area (Å²) in [7, 11) is 0. The Morgan fingerprint density at radius 2 is 1.80 bits per heavy atom. The molecule has 0 fully saturated rings. The summed E-state index contributed by atoms with van der Waals surface area (Å²) in [5.74, 6) is 0. The van der Waals surface area contributed by atoms with Crippen LogP contribution in [0.1, 0.15) is 19.3 Å². The smallest absolute Gasteiger partial charge is 0.302 e. The fourth-order valence-electron chi connectivity index (χ4n) is 0.498. The molecule has 0 aromatic heterocycles. The highest BCUT2D eigenvalue weighted by Gasteiger charge is 2.26. The molecule has 2 N–H and O–H groups in total. The van der Waals surface area contributed by atoms with E-state index in [2.05, 4.69) is 5.73 Å². The first-order valence-corrected chi connectivity index (χ1v) is 2.88. The van der Waals surface area contributed by atoms with Gasteiger partial charge in [-0.05, 0) is 12.8 Å². The summed E-state index contributed by atoms with van der Waals surface area (Å²) >= 11 is 0. The fourth-order valence-corrected chi connectivity index (χ4v) is 0.498. The quantitative estimate of drug-likeness (QED) is 0.494. The summed E-state index contributed by atoms with van der Waals surface area (Å²) in [6, 6.07) is 0. The normalized spacial score (nSPS) is 15.3. The predicted molar refractivity (Wildman–Crippen MR) is 29.0 cm³/mol. The van der Waals surface area contributed by atoms with Gasteiger partial charge in [0.25, 0.3) is 0 Å². The number of alkyl halides is 4. The van der Waals surface area contributed by atoms with Crippen LogP contribution in [0.5, 0.6) is 0 Å². The van der Waals surface area contributed by atoms with Crippen molar-refractivity contribution in [3.05, 3.63) is 0 Å². The van der Waals surface area contributed by atoms with Crippen molar-refractivity contribution in [2.75, 3.05) is 0 Å². The Morgan fingerprint density at radius 1 is 1.30 bits per heavy atom. The second-order valence-electron chi connectivity index (χ2n) is 2.02. The molecule has 5 heteroatoms. The van der Waals surface area contributed by atoms with E-state index in [9.17, 15) is 17.6 Å². The average Bonchev–Trinajstić information content (AvgIpc) is 1.59. The molecule has 10 heavy (non-hydrogen) atoms. The molecule has 0 aliphatic heterocycles. The van der Waals surface area contributed by atoms with Crippen molar-refractivity contribution in [2.45, 2.75) is 31.7 Å². The number of hydrogen-bond acceptors (Lipinski definition) is 1. The summed E-state index contributed by atoms with van der Waals surface area (Å²) in [6.07, 6.45) is -7.22. The van der Waals surface area contributed by atoms with Crippen LogP contribution in [0.2, 0.25) is 0 Å². The van der Waals surface area contributed by atoms with Gasteiger partial charge in [0.05, 0.1) is 0 Å². The first kappa shape index (κ1) is 9.68. The maximum absolute atomic E-state index is 11.7. The van der Waals surface area contributed by atoms with Gasteiger partial charge in [0, 0.05) is 6.42 Å². The van der Waals surface area contributed by atoms with Crippen molar-refractivity contribution in [1.82, 2.24) is 0 Å². The number of hydrogen-bond donors (Lipinski definition) is 1. The van der Waals surface area contributed by atoms with E-state index in [1.54, 1.807) is 0 Å². The van der Waals surface area contributed by atoms with Crippen LogP contribution in [0.15, 0.2) is 0 Å². The van der Waals surface area contributed by atoms with E-state index in [-0.39, 0.29) is 12.8 Å². The molecule has 0 bridgehead atoms. The molecule has 1 atom stereocenters. The SMILES string of the molecule is NC(F)CCCC(F)(F)F. The molecule has 0 heterocycles. The molecule has 62 valence electrons. The van der Waals surface area contributed by atoms with Gasteiger partial charge in [0.2, 0.25) is 0 Å². The highest BCUT2D eigenvalue weighted by Crippen LogP contribution is 2.22. The molecule has 1 nitrogen and oxygen atoms in total. The van der Waals surface area contributed by atoms with Gasteiger partial charge in [0.1, 0.15) is 6.30 Å². The van der Waals surface area contributed by atoms with E-state index in [1.165, 1.54) is 0 Å². The molecular formula is C5H9F4N. The average molecular weight is 159 g/mol. The third-order valence-corrected chi connectivity index (χ3v) is 0.940. The topological polar surface area (TPSA) is 26.0 Å². The standard InChI is InChI=1S/C5H9F4N/c6-4(10)2-1-3-5(7,8)9/h4H,1-3,10H2. The monoisotopic (exact) mass is 159 g/mol. The van der Waals surface area contributed by atoms with Gasteiger partial charge in [0.15, 0.2) is 0 Å². The minimum Gasteiger partial charge on any atom is -0.302 e. The lowest BCUT2D eigenvalue weighted by atomic mass is 10.2. The Kier molecular flexibility index (Phi) is 3.63. The summed E-state index contributed by atoms with van der Waals surface area (Å²) in [6.45, 7) is 0. The Labute approximate surface area is 56.2 Å². The highest BCUT2D eigenvalue weighted by molar-refractivity contribution is 4.53. The van der Waals surface area contributed by atoms with Crippen LogP contribution in [0.25, 0.3) is 0 Å². The van der Waals surface area contributed by atoms with Crippen LogP contribution < -0.4 is 5.73 Å². The van der Waals surface area contributed by atoms with Crippen molar-refractivity contribution < 1.29 is 17.6 Å². The molecule has 0 aliphatic rings. The van der Waals surface area contributed by atoms with Crippen molar-refractivity contribution in [3.63, 3.8) is 0 Å². The van der Waals surface area contributed by atoms with Crippen molar-refractivity contribution >= 4 is 0 Å². The first-order valence-electron chi connectivity index (χ1n) is 2.88. The zero-order valence-corrected chi connectivity index (χ0v) is 5.29. The van der Waals surface area contributed by atoms with Gasteiger partial charge in [-0.25, -0.2) is 4.39 Å². The van der Waals surface area contributed by atoms with Crippen molar-refractivity contribution in [1.29, 1.82) is 0 Å². The Bertz CT molecular complexity index is 88.1. The second-order valence-corrected chi connectivity index (χ2v) is 2.02. The van der Waals surface area contributed by atoms with E-state index >= 15 is 0 Å². The second kappa shape index (κ2) is 3.75. The summed E-state index contributed by atoms with van der Waals surface area (Å²) in [5, 5.41) is 0. The zero-order valence-electron chi connectivity index (χ0n) is 5.29. The molecule has 1 unspecified atom stereocenters. The van der Waals surface area contributed by atoms with Crippen LogP contribution in [0.3, 0.4) is 0 Å². The summed E-state index contributed by atoms with van der Waals surface area (Å²) in [4.78, 5) is 0. The minimum atomic E-state index is -4.19. The van der Waals surface area contributed by atoms with E-state index in [4.69, 9.17) is 0 Å². The van der Waals surface area contributed by atoms with E-state index < -0.39 is 18.9 Å². The first-order chi connectivity index (χ1) is 4.42. The molecule has 0 radical (unpaired) electrons. The lowest BCUT2D eigenvalue weighted by Gasteiger charge is -2.05. The van der Waals surface area contributed by atoms with Crippen molar-refractivity contribution in [2.24, 2.45) is 5.73 Å². The Morgan fingerprint density at radius 3 is 2.10 bits per heavy atom. The highest BCUT2D eigenvalue weighted by atomic mass is 19.4. The summed E-state index contributed by atoms with van der Waals surface area (Å²) < 4.78 is 45.7. The lowest BCUT2D eigenvalue weighted by Crippen LogP contribution is -2.14. The molecule has 0 saturated heterocycles. The molecule has 0 aromatic carbocycles. The van der Waals surface area contributed by atoms with Gasteiger partial charge >= 0.3 is 6.18 Å². The predicted octanol–water partition coefficient (Wildman–Crippen LogP) is 1.97. The maximum Gasteiger partial charge on any atom is 0.389 e. The van der Waals surface area contributed by atoms with E-state index in [1.807, 2.05) is 0 Å². The molecule has 0 aliphatic carbocycles. The van der Waals surface area contributed by atoms with Crippen molar-refractivity contribution in [3.8, 4) is 0 Å². The maximum atomic E-state index is 11.7. The largest absolute Gasteiger partial charge is 0.389 e. The van der Waals surface area contributed by atoms with Gasteiger partial charge in [-0.1, -0.05) is 0 Å². The van der Waals surface area contributed by atoms with E-state index in [0.29, 0.717) is 0 Å². The molecule has 0 aromatic rings. The molecule has 0 saturated carbocycles.